The van der Waals surface area contributed by atoms with Crippen molar-refractivity contribution in [1.82, 2.24) is 9.88 Å². The molecule has 0 amide bonds. The second kappa shape index (κ2) is 7.21. The monoisotopic (exact) mass is 325 g/mol. The Hall–Kier alpha value is -2.09. The molecule has 1 unspecified atom stereocenters. The summed E-state index contributed by atoms with van der Waals surface area (Å²) in [6.07, 6.45) is -0.543. The van der Waals surface area contributed by atoms with E-state index < -0.39 is 6.10 Å². The van der Waals surface area contributed by atoms with Gasteiger partial charge in [0.15, 0.2) is 0 Å². The Morgan fingerprint density at radius 2 is 1.88 bits per heavy atom. The van der Waals surface area contributed by atoms with Crippen LogP contribution in [0, 0.1) is 18.3 Å². The van der Waals surface area contributed by atoms with Crippen molar-refractivity contribution in [3.05, 3.63) is 58.4 Å². The molecule has 0 saturated heterocycles. The summed E-state index contributed by atoms with van der Waals surface area (Å²) < 4.78 is 1.89. The van der Waals surface area contributed by atoms with E-state index in [1.54, 1.807) is 0 Å². The van der Waals surface area contributed by atoms with Gasteiger partial charge in [-0.05, 0) is 35.1 Å². The second-order valence-corrected chi connectivity index (χ2v) is 7.33. The zero-order chi connectivity index (χ0) is 17.9. The maximum absolute atomic E-state index is 10.3. The van der Waals surface area contributed by atoms with Crippen LogP contribution in [0.4, 0.5) is 0 Å². The molecule has 2 aromatic rings. The minimum absolute atomic E-state index is 0.116. The average Bonchev–Trinajstić information content (AvgIpc) is 2.82. The number of nitrogens with one attached hydrogen (secondary N) is 1. The van der Waals surface area contributed by atoms with Gasteiger partial charge < -0.3 is 15.0 Å². The van der Waals surface area contributed by atoms with Crippen molar-refractivity contribution in [2.45, 2.75) is 45.8 Å². The molecule has 0 aliphatic heterocycles. The highest BCUT2D eigenvalue weighted by atomic mass is 16.3. The van der Waals surface area contributed by atoms with Crippen molar-refractivity contribution in [3.63, 3.8) is 0 Å². The summed E-state index contributed by atoms with van der Waals surface area (Å²) in [4.78, 5) is 0. The summed E-state index contributed by atoms with van der Waals surface area (Å²) in [5.74, 6) is 0. The summed E-state index contributed by atoms with van der Waals surface area (Å²) in [5.41, 5.74) is 5.11. The first kappa shape index (κ1) is 18.3. The molecule has 2 rings (SSSR count). The first-order valence-corrected chi connectivity index (χ1v) is 8.28. The average molecular weight is 325 g/mol. The van der Waals surface area contributed by atoms with E-state index in [-0.39, 0.29) is 5.41 Å². The third-order valence-corrected chi connectivity index (χ3v) is 4.57. The van der Waals surface area contributed by atoms with Crippen LogP contribution in [-0.2, 0) is 19.0 Å². The highest BCUT2D eigenvalue weighted by molar-refractivity contribution is 5.34. The topological polar surface area (TPSA) is 61.0 Å². The second-order valence-electron chi connectivity index (χ2n) is 7.33. The van der Waals surface area contributed by atoms with Gasteiger partial charge in [0, 0.05) is 25.8 Å². The van der Waals surface area contributed by atoms with Crippen LogP contribution in [-0.4, -0.2) is 16.2 Å². The number of aromatic nitrogens is 1. The van der Waals surface area contributed by atoms with E-state index in [4.69, 9.17) is 5.26 Å². The molecule has 0 spiro atoms. The van der Waals surface area contributed by atoms with E-state index in [0.717, 1.165) is 16.8 Å². The maximum atomic E-state index is 10.3. The fourth-order valence-corrected chi connectivity index (χ4v) is 2.72. The van der Waals surface area contributed by atoms with Gasteiger partial charge in [0.25, 0.3) is 0 Å². The number of nitrogens with zero attached hydrogens (tertiary/aromatic N) is 2. The van der Waals surface area contributed by atoms with E-state index in [1.807, 2.05) is 36.7 Å². The summed E-state index contributed by atoms with van der Waals surface area (Å²) >= 11 is 0. The molecule has 2 N–H and O–H groups in total. The zero-order valence-electron chi connectivity index (χ0n) is 15.2. The van der Waals surface area contributed by atoms with Gasteiger partial charge in [-0.25, -0.2) is 0 Å². The number of aliphatic hydroxyl groups is 1. The van der Waals surface area contributed by atoms with Gasteiger partial charge in [-0.3, -0.25) is 0 Å². The molecule has 0 fully saturated rings. The molecule has 4 heteroatoms. The maximum Gasteiger partial charge on any atom is 0.120 e. The van der Waals surface area contributed by atoms with E-state index in [2.05, 4.69) is 44.3 Å². The number of hydrogen-bond donors (Lipinski definition) is 2. The smallest absolute Gasteiger partial charge is 0.120 e. The van der Waals surface area contributed by atoms with Crippen LogP contribution in [0.3, 0.4) is 0 Å². The molecule has 24 heavy (non-hydrogen) atoms. The van der Waals surface area contributed by atoms with Crippen LogP contribution in [0.2, 0.25) is 0 Å². The molecule has 1 aromatic heterocycles. The number of rotatable bonds is 5. The molecule has 128 valence electrons. The largest absolute Gasteiger partial charge is 0.387 e. The molecule has 1 atom stereocenters. The van der Waals surface area contributed by atoms with Crippen LogP contribution in [0.25, 0.3) is 0 Å². The van der Waals surface area contributed by atoms with Crippen molar-refractivity contribution in [2.24, 2.45) is 7.05 Å². The molecule has 0 bridgehead atoms. The van der Waals surface area contributed by atoms with Crippen molar-refractivity contribution in [2.75, 3.05) is 6.54 Å². The van der Waals surface area contributed by atoms with Crippen LogP contribution < -0.4 is 5.32 Å². The van der Waals surface area contributed by atoms with Crippen LogP contribution >= 0.6 is 0 Å². The van der Waals surface area contributed by atoms with Crippen LogP contribution in [0.5, 0.6) is 0 Å². The van der Waals surface area contributed by atoms with Crippen LogP contribution in [0.15, 0.2) is 30.3 Å². The summed E-state index contributed by atoms with van der Waals surface area (Å²) in [6, 6.07) is 12.2. The molecule has 1 heterocycles. The van der Waals surface area contributed by atoms with Gasteiger partial charge in [0.05, 0.1) is 6.10 Å². The highest BCUT2D eigenvalue weighted by Crippen LogP contribution is 2.24. The third-order valence-electron chi connectivity index (χ3n) is 4.57. The lowest BCUT2D eigenvalue weighted by molar-refractivity contribution is 0.174. The van der Waals surface area contributed by atoms with Crippen molar-refractivity contribution in [3.8, 4) is 6.07 Å². The third kappa shape index (κ3) is 4.05. The number of nitriles is 1. The lowest BCUT2D eigenvalue weighted by Crippen LogP contribution is -2.21. The standard InChI is InChI=1S/C20H27N3O/c1-14-16(10-18(11-21)23(14)5)12-22-13-19(24)15-6-8-17(9-7-15)20(2,3)4/h6-10,19,22,24H,12-13H2,1-5H3. The van der Waals surface area contributed by atoms with Gasteiger partial charge in [0.2, 0.25) is 0 Å². The Bertz CT molecular complexity index is 730. The summed E-state index contributed by atoms with van der Waals surface area (Å²) in [7, 11) is 1.89. The first-order chi connectivity index (χ1) is 11.2. The van der Waals surface area contributed by atoms with E-state index in [1.165, 1.54) is 5.56 Å². The Labute approximate surface area is 144 Å². The first-order valence-electron chi connectivity index (χ1n) is 8.28. The Morgan fingerprint density at radius 1 is 1.25 bits per heavy atom. The summed E-state index contributed by atoms with van der Waals surface area (Å²) in [6.45, 7) is 9.65. The molecular weight excluding hydrogens is 298 g/mol. The molecule has 0 saturated carbocycles. The fraction of sp³-hybridized carbons (Fsp3) is 0.450. The molecule has 4 nitrogen and oxygen atoms in total. The predicted molar refractivity (Wildman–Crippen MR) is 96.7 cm³/mol. The minimum Gasteiger partial charge on any atom is -0.387 e. The highest BCUT2D eigenvalue weighted by Gasteiger charge is 2.15. The molecule has 0 radical (unpaired) electrons. The Balaban J connectivity index is 1.94. The quantitative estimate of drug-likeness (QED) is 0.886. The van der Waals surface area contributed by atoms with E-state index >= 15 is 0 Å². The SMILES string of the molecule is Cc1c(CNCC(O)c2ccc(C(C)(C)C)cc2)cc(C#N)n1C. The molecule has 0 aliphatic rings. The molecule has 1 aromatic carbocycles. The van der Waals surface area contributed by atoms with Gasteiger partial charge in [0.1, 0.15) is 11.8 Å². The zero-order valence-corrected chi connectivity index (χ0v) is 15.2. The lowest BCUT2D eigenvalue weighted by atomic mass is 9.86. The number of benzene rings is 1. The van der Waals surface area contributed by atoms with Crippen molar-refractivity contribution in [1.29, 1.82) is 5.26 Å². The number of hydrogen-bond acceptors (Lipinski definition) is 3. The van der Waals surface area contributed by atoms with E-state index in [0.29, 0.717) is 18.8 Å². The van der Waals surface area contributed by atoms with Crippen LogP contribution in [0.1, 0.15) is 55.0 Å². The van der Waals surface area contributed by atoms with Gasteiger partial charge in [-0.2, -0.15) is 5.26 Å². The van der Waals surface area contributed by atoms with Crippen molar-refractivity contribution >= 4 is 0 Å². The minimum atomic E-state index is -0.543. The Kier molecular flexibility index (Phi) is 5.48. The normalized spacial score (nSPS) is 12.9. The number of aliphatic hydroxyl groups excluding tert-OH is 1. The van der Waals surface area contributed by atoms with Crippen molar-refractivity contribution < 1.29 is 5.11 Å². The molecular formula is C20H27N3O. The van der Waals surface area contributed by atoms with Gasteiger partial charge in [-0.15, -0.1) is 0 Å². The predicted octanol–water partition coefficient (Wildman–Crippen LogP) is 3.33. The van der Waals surface area contributed by atoms with Gasteiger partial charge >= 0.3 is 0 Å². The molecule has 0 aliphatic carbocycles. The Morgan fingerprint density at radius 3 is 2.38 bits per heavy atom. The fourth-order valence-electron chi connectivity index (χ4n) is 2.72. The van der Waals surface area contributed by atoms with E-state index in [9.17, 15) is 5.11 Å². The summed E-state index contributed by atoms with van der Waals surface area (Å²) in [5, 5.41) is 22.7. The van der Waals surface area contributed by atoms with Gasteiger partial charge in [-0.1, -0.05) is 45.0 Å². The lowest BCUT2D eigenvalue weighted by Gasteiger charge is -2.20.